The molecule has 16 heavy (non-hydrogen) atoms. The molecule has 5 heteroatoms. The van der Waals surface area contributed by atoms with Crippen LogP contribution in [0.2, 0.25) is 0 Å². The van der Waals surface area contributed by atoms with Crippen LogP contribution in [0.3, 0.4) is 0 Å². The van der Waals surface area contributed by atoms with Gasteiger partial charge in [-0.3, -0.25) is 4.79 Å². The van der Waals surface area contributed by atoms with Crippen molar-refractivity contribution in [2.75, 3.05) is 18.6 Å². The highest BCUT2D eigenvalue weighted by atomic mass is 35.5. The molecule has 3 nitrogen and oxygen atoms in total. The Balaban J connectivity index is 0.00000225. The third-order valence-corrected chi connectivity index (χ3v) is 3.56. The van der Waals surface area contributed by atoms with Crippen LogP contribution in [0.4, 0.5) is 0 Å². The van der Waals surface area contributed by atoms with Gasteiger partial charge in [0, 0.05) is 18.5 Å². The smallest absolute Gasteiger partial charge is 0.220 e. The fourth-order valence-corrected chi connectivity index (χ4v) is 2.33. The normalized spacial score (nSPS) is 24.6. The van der Waals surface area contributed by atoms with E-state index in [1.54, 1.807) is 11.8 Å². The van der Waals surface area contributed by atoms with Gasteiger partial charge in [0.05, 0.1) is 0 Å². The first-order chi connectivity index (χ1) is 7.24. The van der Waals surface area contributed by atoms with Crippen molar-refractivity contribution in [3.8, 4) is 0 Å². The van der Waals surface area contributed by atoms with Crippen LogP contribution < -0.4 is 10.6 Å². The van der Waals surface area contributed by atoms with E-state index >= 15 is 0 Å². The fourth-order valence-electron chi connectivity index (χ4n) is 1.90. The lowest BCUT2D eigenvalue weighted by atomic mass is 10.00. The molecular weight excluding hydrogens is 244 g/mol. The Kier molecular flexibility index (Phi) is 9.18. The SMILES string of the molecule is CSCCCC(=O)NC1CCCNC1C.Cl. The summed E-state index contributed by atoms with van der Waals surface area (Å²) in [4.78, 5) is 11.6. The van der Waals surface area contributed by atoms with Gasteiger partial charge < -0.3 is 10.6 Å². The summed E-state index contributed by atoms with van der Waals surface area (Å²) >= 11 is 1.80. The number of rotatable bonds is 5. The van der Waals surface area contributed by atoms with Crippen molar-refractivity contribution in [2.24, 2.45) is 0 Å². The van der Waals surface area contributed by atoms with E-state index in [-0.39, 0.29) is 18.3 Å². The third kappa shape index (κ3) is 5.97. The molecule has 1 aliphatic heterocycles. The summed E-state index contributed by atoms with van der Waals surface area (Å²) in [5.74, 6) is 1.29. The molecule has 0 spiro atoms. The lowest BCUT2D eigenvalue weighted by Crippen LogP contribution is -2.51. The second kappa shape index (κ2) is 9.14. The van der Waals surface area contributed by atoms with Gasteiger partial charge in [0.15, 0.2) is 0 Å². The van der Waals surface area contributed by atoms with Crippen molar-refractivity contribution in [3.05, 3.63) is 0 Å². The summed E-state index contributed by atoms with van der Waals surface area (Å²) in [6.07, 6.45) is 6.01. The van der Waals surface area contributed by atoms with E-state index in [0.29, 0.717) is 18.5 Å². The molecule has 1 amide bonds. The van der Waals surface area contributed by atoms with E-state index in [1.807, 2.05) is 0 Å². The van der Waals surface area contributed by atoms with Crippen LogP contribution in [0, 0.1) is 0 Å². The molecule has 0 aliphatic carbocycles. The van der Waals surface area contributed by atoms with Gasteiger partial charge in [-0.1, -0.05) is 0 Å². The van der Waals surface area contributed by atoms with E-state index in [2.05, 4.69) is 23.8 Å². The largest absolute Gasteiger partial charge is 0.352 e. The van der Waals surface area contributed by atoms with E-state index in [4.69, 9.17) is 0 Å². The highest BCUT2D eigenvalue weighted by Gasteiger charge is 2.21. The minimum absolute atomic E-state index is 0. The van der Waals surface area contributed by atoms with Gasteiger partial charge in [-0.2, -0.15) is 11.8 Å². The lowest BCUT2D eigenvalue weighted by molar-refractivity contribution is -0.122. The molecule has 1 rings (SSSR count). The van der Waals surface area contributed by atoms with Gasteiger partial charge in [0.2, 0.25) is 5.91 Å². The molecule has 0 aromatic rings. The van der Waals surface area contributed by atoms with E-state index < -0.39 is 0 Å². The van der Waals surface area contributed by atoms with Gasteiger partial charge in [-0.15, -0.1) is 12.4 Å². The van der Waals surface area contributed by atoms with Crippen LogP contribution in [-0.2, 0) is 4.79 Å². The maximum absolute atomic E-state index is 11.6. The second-order valence-corrected chi connectivity index (χ2v) is 5.14. The summed E-state index contributed by atoms with van der Waals surface area (Å²) < 4.78 is 0. The number of piperidine rings is 1. The van der Waals surface area contributed by atoms with Gasteiger partial charge in [0.25, 0.3) is 0 Å². The maximum atomic E-state index is 11.6. The Morgan fingerprint density at radius 3 is 2.94 bits per heavy atom. The summed E-state index contributed by atoms with van der Waals surface area (Å²) in [5.41, 5.74) is 0. The zero-order valence-corrected chi connectivity index (χ0v) is 11.8. The molecular formula is C11H23ClN2OS. The molecule has 0 radical (unpaired) electrons. The van der Waals surface area contributed by atoms with Crippen LogP contribution in [-0.4, -0.2) is 36.5 Å². The second-order valence-electron chi connectivity index (χ2n) is 4.16. The number of halogens is 1. The maximum Gasteiger partial charge on any atom is 0.220 e. The molecule has 96 valence electrons. The number of hydrogen-bond donors (Lipinski definition) is 2. The number of thioether (sulfide) groups is 1. The van der Waals surface area contributed by atoms with Gasteiger partial charge in [-0.05, 0) is 44.7 Å². The fraction of sp³-hybridized carbons (Fsp3) is 0.909. The first-order valence-electron chi connectivity index (χ1n) is 5.75. The molecule has 0 saturated carbocycles. The first kappa shape index (κ1) is 16.1. The molecule has 0 bridgehead atoms. The zero-order valence-electron chi connectivity index (χ0n) is 10.1. The van der Waals surface area contributed by atoms with Crippen molar-refractivity contribution in [2.45, 2.75) is 44.7 Å². The Labute approximate surface area is 109 Å². The molecule has 0 aromatic carbocycles. The highest BCUT2D eigenvalue weighted by Crippen LogP contribution is 2.08. The predicted molar refractivity (Wildman–Crippen MR) is 73.5 cm³/mol. The van der Waals surface area contributed by atoms with Crippen LogP contribution in [0.15, 0.2) is 0 Å². The molecule has 1 aliphatic rings. The van der Waals surface area contributed by atoms with Crippen molar-refractivity contribution in [3.63, 3.8) is 0 Å². The van der Waals surface area contributed by atoms with Gasteiger partial charge >= 0.3 is 0 Å². The van der Waals surface area contributed by atoms with Crippen molar-refractivity contribution in [1.29, 1.82) is 0 Å². The topological polar surface area (TPSA) is 41.1 Å². The first-order valence-corrected chi connectivity index (χ1v) is 7.15. The van der Waals surface area contributed by atoms with Crippen LogP contribution >= 0.6 is 24.2 Å². The number of carbonyl (C=O) groups excluding carboxylic acids is 1. The van der Waals surface area contributed by atoms with E-state index in [9.17, 15) is 4.79 Å². The summed E-state index contributed by atoms with van der Waals surface area (Å²) in [7, 11) is 0. The average Bonchev–Trinajstić information content (AvgIpc) is 2.22. The number of amides is 1. The Hall–Kier alpha value is 0.0700. The lowest BCUT2D eigenvalue weighted by Gasteiger charge is -2.30. The Morgan fingerprint density at radius 1 is 1.56 bits per heavy atom. The predicted octanol–water partition coefficient (Wildman–Crippen LogP) is 1.81. The third-order valence-electron chi connectivity index (χ3n) is 2.86. The van der Waals surface area contributed by atoms with E-state index in [0.717, 1.165) is 25.1 Å². The molecule has 1 saturated heterocycles. The Bertz CT molecular complexity index is 204. The average molecular weight is 267 g/mol. The molecule has 0 aromatic heterocycles. The number of hydrogen-bond acceptors (Lipinski definition) is 3. The zero-order chi connectivity index (χ0) is 11.1. The number of carbonyl (C=O) groups is 1. The quantitative estimate of drug-likeness (QED) is 0.746. The van der Waals surface area contributed by atoms with Gasteiger partial charge in [-0.25, -0.2) is 0 Å². The molecule has 1 fully saturated rings. The van der Waals surface area contributed by atoms with Crippen LogP contribution in [0.1, 0.15) is 32.6 Å². The van der Waals surface area contributed by atoms with Gasteiger partial charge in [0.1, 0.15) is 0 Å². The van der Waals surface area contributed by atoms with Crippen molar-refractivity contribution in [1.82, 2.24) is 10.6 Å². The highest BCUT2D eigenvalue weighted by molar-refractivity contribution is 7.98. The standard InChI is InChI=1S/C11H22N2OS.ClH/c1-9-10(5-3-7-12-9)13-11(14)6-4-8-15-2;/h9-10,12H,3-8H2,1-2H3,(H,13,14);1H. The minimum Gasteiger partial charge on any atom is -0.352 e. The molecule has 1 heterocycles. The molecule has 2 atom stereocenters. The minimum atomic E-state index is 0. The number of nitrogens with one attached hydrogen (secondary N) is 2. The summed E-state index contributed by atoms with van der Waals surface area (Å²) in [6.45, 7) is 3.23. The van der Waals surface area contributed by atoms with Crippen LogP contribution in [0.5, 0.6) is 0 Å². The van der Waals surface area contributed by atoms with Crippen LogP contribution in [0.25, 0.3) is 0 Å². The summed E-state index contributed by atoms with van der Waals surface area (Å²) in [5, 5.41) is 6.50. The summed E-state index contributed by atoms with van der Waals surface area (Å²) in [6, 6.07) is 0.753. The monoisotopic (exact) mass is 266 g/mol. The van der Waals surface area contributed by atoms with E-state index in [1.165, 1.54) is 6.42 Å². The molecule has 2 N–H and O–H groups in total. The van der Waals surface area contributed by atoms with Crippen molar-refractivity contribution >= 4 is 30.1 Å². The van der Waals surface area contributed by atoms with Crippen molar-refractivity contribution < 1.29 is 4.79 Å². The molecule has 2 unspecified atom stereocenters. The Morgan fingerprint density at radius 2 is 2.31 bits per heavy atom.